The summed E-state index contributed by atoms with van der Waals surface area (Å²) in [6, 6.07) is 0. The number of methoxy groups -OCH3 is 1. The minimum atomic E-state index is -0.857. The minimum Gasteiger partial charge on any atom is -0.389 e. The van der Waals surface area contributed by atoms with Crippen molar-refractivity contribution >= 4 is 7.32 Å². The molecule has 0 unspecified atom stereocenters. The quantitative estimate of drug-likeness (QED) is 0.399. The number of rotatable bonds is 6. The van der Waals surface area contributed by atoms with Crippen molar-refractivity contribution in [3.05, 3.63) is 7.43 Å². The van der Waals surface area contributed by atoms with Gasteiger partial charge in [0, 0.05) is 46.9 Å². The third-order valence-electron chi connectivity index (χ3n) is 0.725. The van der Waals surface area contributed by atoms with Gasteiger partial charge in [-0.1, -0.05) is 0 Å². The summed E-state index contributed by atoms with van der Waals surface area (Å²) in [6.45, 7) is -0.374. The number of aliphatic hydroxyl groups excluding tert-OH is 1. The van der Waals surface area contributed by atoms with E-state index in [1.54, 1.807) is 0 Å². The fraction of sp³-hybridized carbons (Fsp3) is 0.800. The van der Waals surface area contributed by atoms with Gasteiger partial charge >= 0.3 is 7.32 Å². The van der Waals surface area contributed by atoms with Crippen LogP contribution in [0.15, 0.2) is 0 Å². The minimum absolute atomic E-state index is 0. The van der Waals surface area contributed by atoms with E-state index >= 15 is 0 Å². The molecule has 1 N–H and O–H groups in total. The molecule has 0 bridgehead atoms. The molecule has 0 aliphatic heterocycles. The third-order valence-corrected chi connectivity index (χ3v) is 0.725. The molecule has 7 heteroatoms. The average molecular weight is 254 g/mol. The maximum atomic E-state index is 8.24. The van der Waals surface area contributed by atoms with Gasteiger partial charge in [-0.3, -0.25) is 0 Å². The molecule has 0 aliphatic carbocycles. The Morgan fingerprint density at radius 3 is 2.17 bits per heavy atom. The average Bonchev–Trinajstić information content (AvgIpc) is 1.98. The smallest absolute Gasteiger partial charge is 0.389 e. The van der Waals surface area contributed by atoms with Gasteiger partial charge in [-0.05, 0) is 0 Å². The van der Waals surface area contributed by atoms with E-state index in [9.17, 15) is 0 Å². The molecule has 0 amide bonds. The second-order valence-electron chi connectivity index (χ2n) is 1.39. The van der Waals surface area contributed by atoms with Gasteiger partial charge in [0.1, 0.15) is 13.6 Å². The molecule has 1 radical (unpaired) electrons. The van der Waals surface area contributed by atoms with Crippen molar-refractivity contribution in [2.45, 2.75) is 0 Å². The van der Waals surface area contributed by atoms with E-state index in [2.05, 4.69) is 14.0 Å². The zero-order valence-corrected chi connectivity index (χ0v) is 10.5. The summed E-state index contributed by atoms with van der Waals surface area (Å²) in [5.41, 5.74) is 0. The Hall–Kier alpha value is 0.969. The first-order valence-corrected chi connectivity index (χ1v) is 2.71. The molecule has 0 aromatic rings. The molecule has 0 aliphatic rings. The fourth-order valence-electron chi connectivity index (χ4n) is 0.369. The molecular weight excluding hydrogens is 240 g/mol. The number of aliphatic hydroxyl groups is 1. The molecule has 0 fully saturated rings. The first kappa shape index (κ1) is 18.7. The van der Waals surface area contributed by atoms with Gasteiger partial charge in [-0.25, -0.2) is 0 Å². The van der Waals surface area contributed by atoms with E-state index in [4.69, 9.17) is 9.76 Å². The second kappa shape index (κ2) is 14.5. The molecule has 0 spiro atoms. The van der Waals surface area contributed by atoms with E-state index in [0.29, 0.717) is 0 Å². The molecule has 0 aromatic heterocycles. The Morgan fingerprint density at radius 2 is 1.83 bits per heavy atom. The summed E-state index contributed by atoms with van der Waals surface area (Å²) in [4.78, 5) is 0. The van der Waals surface area contributed by atoms with Gasteiger partial charge in [-0.15, -0.1) is 0 Å². The zero-order chi connectivity index (χ0) is 7.82. The van der Waals surface area contributed by atoms with Gasteiger partial charge in [-0.2, -0.15) is 0 Å². The number of hydrogen-bond acceptors (Lipinski definition) is 5. The summed E-state index contributed by atoms with van der Waals surface area (Å²) >= 11 is 0. The molecule has 0 aromatic carbocycles. The first-order chi connectivity index (χ1) is 4.85. The van der Waals surface area contributed by atoms with Crippen LogP contribution in [0.25, 0.3) is 0 Å². The molecule has 0 saturated heterocycles. The topological polar surface area (TPSA) is 57.2 Å². The van der Waals surface area contributed by atoms with Crippen LogP contribution in [0.1, 0.15) is 0 Å². The molecule has 0 saturated carbocycles. The van der Waals surface area contributed by atoms with Crippen LogP contribution in [0.5, 0.6) is 0 Å². The number of hydrogen-bond donors (Lipinski definition) is 1. The van der Waals surface area contributed by atoms with Crippen molar-refractivity contribution in [2.24, 2.45) is 0 Å². The van der Waals surface area contributed by atoms with Gasteiger partial charge in [0.2, 0.25) is 0 Å². The standard InChI is InChI=1S/C4H11BO5.CH3.Y/c1-7-4-10-5(8-2)9-3-6;;/h6H,3-4H2,1-2H3;1H3;/q;-1;. The number of ether oxygens (including phenoxy) is 1. The van der Waals surface area contributed by atoms with Crippen LogP contribution < -0.4 is 0 Å². The van der Waals surface area contributed by atoms with Gasteiger partial charge in [0.25, 0.3) is 0 Å². The van der Waals surface area contributed by atoms with E-state index in [1.165, 1.54) is 14.2 Å². The van der Waals surface area contributed by atoms with Crippen molar-refractivity contribution in [3.63, 3.8) is 0 Å². The van der Waals surface area contributed by atoms with Crippen LogP contribution in [0.2, 0.25) is 0 Å². The van der Waals surface area contributed by atoms with Gasteiger partial charge in [0.05, 0.1) is 0 Å². The monoisotopic (exact) mass is 254 g/mol. The fourth-order valence-corrected chi connectivity index (χ4v) is 0.369. The van der Waals surface area contributed by atoms with Gasteiger partial charge in [0.15, 0.2) is 0 Å². The zero-order valence-electron chi connectivity index (χ0n) is 7.65. The SMILES string of the molecule is COCOB(OC)OCO.[CH3-].[Y]. The van der Waals surface area contributed by atoms with Crippen molar-refractivity contribution < 1.29 is 56.5 Å². The largest absolute Gasteiger partial charge is 0.642 e. The predicted molar refractivity (Wildman–Crippen MR) is 40.3 cm³/mol. The Labute approximate surface area is 98.8 Å². The van der Waals surface area contributed by atoms with E-state index in [-0.39, 0.29) is 46.9 Å². The van der Waals surface area contributed by atoms with Crippen molar-refractivity contribution in [3.8, 4) is 0 Å². The summed E-state index contributed by atoms with van der Waals surface area (Å²) < 4.78 is 18.4. The molecule has 71 valence electrons. The van der Waals surface area contributed by atoms with E-state index in [0.717, 1.165) is 0 Å². The third kappa shape index (κ3) is 11.0. The van der Waals surface area contributed by atoms with Crippen LogP contribution in [0, 0.1) is 7.43 Å². The van der Waals surface area contributed by atoms with E-state index < -0.39 is 14.1 Å². The van der Waals surface area contributed by atoms with Crippen molar-refractivity contribution in [2.75, 3.05) is 27.8 Å². The molecular formula is C5H14BO5Y-. The molecule has 0 atom stereocenters. The van der Waals surface area contributed by atoms with Crippen molar-refractivity contribution in [1.82, 2.24) is 0 Å². The van der Waals surface area contributed by atoms with Crippen LogP contribution >= 0.6 is 0 Å². The van der Waals surface area contributed by atoms with Crippen LogP contribution in [0.3, 0.4) is 0 Å². The summed E-state index contributed by atoms with van der Waals surface area (Å²) in [5.74, 6) is 0. The van der Waals surface area contributed by atoms with E-state index in [1.807, 2.05) is 0 Å². The molecule has 0 heterocycles. The molecule has 0 rings (SSSR count). The second-order valence-corrected chi connectivity index (χ2v) is 1.39. The molecule has 12 heavy (non-hydrogen) atoms. The van der Waals surface area contributed by atoms with Crippen LogP contribution in [-0.2, 0) is 51.4 Å². The maximum Gasteiger partial charge on any atom is 0.642 e. The normalized spacial score (nSPS) is 8.25. The van der Waals surface area contributed by atoms with Crippen LogP contribution in [0.4, 0.5) is 0 Å². The maximum absolute atomic E-state index is 8.24. The summed E-state index contributed by atoms with van der Waals surface area (Å²) in [6.07, 6.45) is 0. The first-order valence-electron chi connectivity index (χ1n) is 2.71. The molecule has 5 nitrogen and oxygen atoms in total. The van der Waals surface area contributed by atoms with Crippen molar-refractivity contribution in [1.29, 1.82) is 0 Å². The van der Waals surface area contributed by atoms with Gasteiger partial charge < -0.3 is 31.2 Å². The Balaban J connectivity index is -0.000000405. The predicted octanol–water partition coefficient (Wildman–Crippen LogP) is -0.348. The summed E-state index contributed by atoms with van der Waals surface area (Å²) in [7, 11) is 2.02. The Bertz CT molecular complexity index is 76.9. The Morgan fingerprint density at radius 1 is 1.25 bits per heavy atom. The summed E-state index contributed by atoms with van der Waals surface area (Å²) in [5, 5.41) is 8.24. The van der Waals surface area contributed by atoms with Crippen LogP contribution in [-0.4, -0.2) is 40.2 Å². The Kier molecular flexibility index (Phi) is 22.6.